The third-order valence-corrected chi connectivity index (χ3v) is 3.22. The number of aliphatic hydroxyl groups is 1. The number of aliphatic hydroxyl groups excluding tert-OH is 1. The van der Waals surface area contributed by atoms with Gasteiger partial charge in [-0.05, 0) is 29.8 Å². The fourth-order valence-electron chi connectivity index (χ4n) is 2.01. The molecule has 1 unspecified atom stereocenters. The van der Waals surface area contributed by atoms with Crippen molar-refractivity contribution in [3.8, 4) is 0 Å². The van der Waals surface area contributed by atoms with E-state index >= 15 is 0 Å². The van der Waals surface area contributed by atoms with Crippen molar-refractivity contribution in [3.05, 3.63) is 71.5 Å². The lowest BCUT2D eigenvalue weighted by molar-refractivity contribution is 0.0979. The quantitative estimate of drug-likeness (QED) is 0.608. The highest BCUT2D eigenvalue weighted by atomic mass is 19.1. The second kappa shape index (κ2) is 7.67. The first-order valence-corrected chi connectivity index (χ1v) is 6.89. The molecule has 2 aromatic carbocycles. The second-order valence-electron chi connectivity index (χ2n) is 4.81. The van der Waals surface area contributed by atoms with Gasteiger partial charge in [-0.15, -0.1) is 0 Å². The van der Waals surface area contributed by atoms with E-state index in [9.17, 15) is 14.3 Å². The summed E-state index contributed by atoms with van der Waals surface area (Å²) in [6, 6.07) is 14.9. The Hall–Kier alpha value is -2.04. The SMILES string of the molecule is O=C(CCNCC(O)c1ccccc1)c1ccc(F)cc1. The summed E-state index contributed by atoms with van der Waals surface area (Å²) in [5, 5.41) is 13.0. The minimum Gasteiger partial charge on any atom is -0.387 e. The topological polar surface area (TPSA) is 49.3 Å². The van der Waals surface area contributed by atoms with Crippen LogP contribution in [0.4, 0.5) is 4.39 Å². The molecule has 110 valence electrons. The number of carbonyl (C=O) groups excluding carboxylic acids is 1. The van der Waals surface area contributed by atoms with Gasteiger partial charge in [0.1, 0.15) is 5.82 Å². The van der Waals surface area contributed by atoms with E-state index in [1.165, 1.54) is 24.3 Å². The molecule has 0 heterocycles. The summed E-state index contributed by atoms with van der Waals surface area (Å²) in [4.78, 5) is 11.8. The Morgan fingerprint density at radius 3 is 2.43 bits per heavy atom. The normalized spacial score (nSPS) is 12.1. The molecule has 0 aliphatic carbocycles. The van der Waals surface area contributed by atoms with Crippen molar-refractivity contribution in [2.45, 2.75) is 12.5 Å². The van der Waals surface area contributed by atoms with E-state index in [0.29, 0.717) is 25.1 Å². The van der Waals surface area contributed by atoms with E-state index in [1.54, 1.807) is 0 Å². The molecule has 0 aromatic heterocycles. The van der Waals surface area contributed by atoms with Crippen molar-refractivity contribution in [1.82, 2.24) is 5.32 Å². The van der Waals surface area contributed by atoms with Crippen LogP contribution >= 0.6 is 0 Å². The first kappa shape index (κ1) is 15.4. The van der Waals surface area contributed by atoms with E-state index < -0.39 is 6.10 Å². The Balaban J connectivity index is 1.72. The summed E-state index contributed by atoms with van der Waals surface area (Å²) in [6.45, 7) is 0.862. The molecule has 0 amide bonds. The van der Waals surface area contributed by atoms with Gasteiger partial charge < -0.3 is 10.4 Å². The molecular weight excluding hydrogens is 269 g/mol. The Labute approximate surface area is 123 Å². The Kier molecular flexibility index (Phi) is 5.60. The van der Waals surface area contributed by atoms with Crippen molar-refractivity contribution in [3.63, 3.8) is 0 Å². The summed E-state index contributed by atoms with van der Waals surface area (Å²) in [5.41, 5.74) is 1.34. The minimum absolute atomic E-state index is 0.0447. The molecule has 0 fully saturated rings. The molecule has 0 saturated carbocycles. The average molecular weight is 287 g/mol. The van der Waals surface area contributed by atoms with Gasteiger partial charge in [0, 0.05) is 25.1 Å². The van der Waals surface area contributed by atoms with Crippen molar-refractivity contribution < 1.29 is 14.3 Å². The monoisotopic (exact) mass is 287 g/mol. The van der Waals surface area contributed by atoms with E-state index in [0.717, 1.165) is 5.56 Å². The Morgan fingerprint density at radius 1 is 1.10 bits per heavy atom. The first-order valence-electron chi connectivity index (χ1n) is 6.89. The van der Waals surface area contributed by atoms with Gasteiger partial charge in [0.25, 0.3) is 0 Å². The van der Waals surface area contributed by atoms with Crippen molar-refractivity contribution in [2.24, 2.45) is 0 Å². The summed E-state index contributed by atoms with van der Waals surface area (Å²) >= 11 is 0. The molecule has 4 heteroatoms. The molecular formula is C17H18FNO2. The van der Waals surface area contributed by atoms with Crippen LogP contribution < -0.4 is 5.32 Å². The minimum atomic E-state index is -0.591. The van der Waals surface area contributed by atoms with E-state index in [-0.39, 0.29) is 11.6 Å². The lowest BCUT2D eigenvalue weighted by atomic mass is 10.1. The van der Waals surface area contributed by atoms with Crippen molar-refractivity contribution in [2.75, 3.05) is 13.1 Å². The number of nitrogens with one attached hydrogen (secondary N) is 1. The molecule has 2 N–H and O–H groups in total. The number of halogens is 1. The summed E-state index contributed by atoms with van der Waals surface area (Å²) < 4.78 is 12.8. The summed E-state index contributed by atoms with van der Waals surface area (Å²) in [7, 11) is 0. The van der Waals surface area contributed by atoms with Crippen LogP contribution in [0.2, 0.25) is 0 Å². The van der Waals surface area contributed by atoms with Gasteiger partial charge in [0.2, 0.25) is 0 Å². The molecule has 2 aromatic rings. The highest BCUT2D eigenvalue weighted by Gasteiger charge is 2.08. The standard InChI is InChI=1S/C17H18FNO2/c18-15-8-6-14(7-9-15)16(20)10-11-19-12-17(21)13-4-2-1-3-5-13/h1-9,17,19,21H,10-12H2. The highest BCUT2D eigenvalue weighted by Crippen LogP contribution is 2.10. The van der Waals surface area contributed by atoms with Crippen LogP contribution in [0.15, 0.2) is 54.6 Å². The Bertz CT molecular complexity index is 569. The van der Waals surface area contributed by atoms with Crippen LogP contribution in [0.3, 0.4) is 0 Å². The molecule has 0 bridgehead atoms. The van der Waals surface area contributed by atoms with Crippen molar-refractivity contribution >= 4 is 5.78 Å². The largest absolute Gasteiger partial charge is 0.387 e. The van der Waals surface area contributed by atoms with Crippen LogP contribution in [0.5, 0.6) is 0 Å². The smallest absolute Gasteiger partial charge is 0.164 e. The maximum atomic E-state index is 12.8. The van der Waals surface area contributed by atoms with E-state index in [2.05, 4.69) is 5.32 Å². The molecule has 2 rings (SSSR count). The van der Waals surface area contributed by atoms with Gasteiger partial charge in [-0.25, -0.2) is 4.39 Å². The van der Waals surface area contributed by atoms with Crippen LogP contribution in [0.25, 0.3) is 0 Å². The molecule has 0 saturated heterocycles. The van der Waals surface area contributed by atoms with E-state index in [1.807, 2.05) is 30.3 Å². The number of ketones is 1. The zero-order chi connectivity index (χ0) is 15.1. The van der Waals surface area contributed by atoms with Gasteiger partial charge >= 0.3 is 0 Å². The van der Waals surface area contributed by atoms with Crippen LogP contribution in [-0.2, 0) is 0 Å². The zero-order valence-electron chi connectivity index (χ0n) is 11.6. The Morgan fingerprint density at radius 2 is 1.76 bits per heavy atom. The highest BCUT2D eigenvalue weighted by molar-refractivity contribution is 5.96. The number of hydrogen-bond donors (Lipinski definition) is 2. The molecule has 0 aliphatic rings. The molecule has 21 heavy (non-hydrogen) atoms. The summed E-state index contributed by atoms with van der Waals surface area (Å²) in [5.74, 6) is -0.396. The van der Waals surface area contributed by atoms with Crippen molar-refractivity contribution in [1.29, 1.82) is 0 Å². The number of benzene rings is 2. The van der Waals surface area contributed by atoms with Crippen LogP contribution in [0, 0.1) is 5.82 Å². The zero-order valence-corrected chi connectivity index (χ0v) is 11.6. The third kappa shape index (κ3) is 4.77. The number of hydrogen-bond acceptors (Lipinski definition) is 3. The number of Topliss-reactive ketones (excluding diaryl/α,β-unsaturated/α-hetero) is 1. The molecule has 3 nitrogen and oxygen atoms in total. The maximum absolute atomic E-state index is 12.8. The number of carbonyl (C=O) groups is 1. The molecule has 0 radical (unpaired) electrons. The van der Waals surface area contributed by atoms with Gasteiger partial charge in [0.05, 0.1) is 6.10 Å². The number of rotatable bonds is 7. The fourth-order valence-corrected chi connectivity index (χ4v) is 2.01. The molecule has 0 aliphatic heterocycles. The molecule has 1 atom stereocenters. The maximum Gasteiger partial charge on any atom is 0.164 e. The summed E-state index contributed by atoms with van der Waals surface area (Å²) in [6.07, 6.45) is -0.278. The van der Waals surface area contributed by atoms with Gasteiger partial charge in [-0.1, -0.05) is 30.3 Å². The third-order valence-electron chi connectivity index (χ3n) is 3.22. The lowest BCUT2D eigenvalue weighted by Crippen LogP contribution is -2.24. The lowest BCUT2D eigenvalue weighted by Gasteiger charge is -2.11. The second-order valence-corrected chi connectivity index (χ2v) is 4.81. The van der Waals surface area contributed by atoms with Gasteiger partial charge in [-0.2, -0.15) is 0 Å². The van der Waals surface area contributed by atoms with Gasteiger partial charge in [-0.3, -0.25) is 4.79 Å². The van der Waals surface area contributed by atoms with Crippen LogP contribution in [-0.4, -0.2) is 24.0 Å². The first-order chi connectivity index (χ1) is 10.2. The van der Waals surface area contributed by atoms with E-state index in [4.69, 9.17) is 0 Å². The fraction of sp³-hybridized carbons (Fsp3) is 0.235. The van der Waals surface area contributed by atoms with Gasteiger partial charge in [0.15, 0.2) is 5.78 Å². The average Bonchev–Trinajstić information content (AvgIpc) is 2.52. The predicted octanol–water partition coefficient (Wildman–Crippen LogP) is 2.72. The molecule has 0 spiro atoms. The van der Waals surface area contributed by atoms with Crippen LogP contribution in [0.1, 0.15) is 28.4 Å². The predicted molar refractivity (Wildman–Crippen MR) is 79.6 cm³/mol.